The molecule has 0 saturated carbocycles. The van der Waals surface area contributed by atoms with E-state index >= 15 is 0 Å². The van der Waals surface area contributed by atoms with Crippen LogP contribution in [0.2, 0.25) is 0 Å². The zero-order valence-electron chi connectivity index (χ0n) is 12.0. The summed E-state index contributed by atoms with van der Waals surface area (Å²) < 4.78 is 5.73. The first-order valence-corrected chi connectivity index (χ1v) is 6.41. The molecule has 0 atom stereocenters. The number of rotatable bonds is 4. The van der Waals surface area contributed by atoms with Crippen LogP contribution >= 0.6 is 0 Å². The first-order chi connectivity index (χ1) is 9.92. The van der Waals surface area contributed by atoms with Gasteiger partial charge in [0.2, 0.25) is 5.75 Å². The van der Waals surface area contributed by atoms with Crippen molar-refractivity contribution in [1.29, 1.82) is 0 Å². The van der Waals surface area contributed by atoms with Crippen molar-refractivity contribution in [2.45, 2.75) is 20.8 Å². The molecule has 0 aliphatic heterocycles. The van der Waals surface area contributed by atoms with Gasteiger partial charge in [-0.3, -0.25) is 14.9 Å². The van der Waals surface area contributed by atoms with E-state index in [9.17, 15) is 14.9 Å². The second-order valence-corrected chi connectivity index (χ2v) is 4.93. The van der Waals surface area contributed by atoms with Gasteiger partial charge in [-0.05, 0) is 55.7 Å². The number of nitrogens with zero attached hydrogens (tertiary/aromatic N) is 1. The van der Waals surface area contributed by atoms with E-state index in [-0.39, 0.29) is 11.4 Å². The van der Waals surface area contributed by atoms with E-state index in [1.807, 2.05) is 6.07 Å². The maximum atomic E-state index is 11.2. The molecule has 0 aliphatic rings. The fraction of sp³-hybridized carbons (Fsp3) is 0.188. The van der Waals surface area contributed by atoms with Crippen LogP contribution in [-0.4, -0.2) is 11.2 Å². The molecule has 2 rings (SSSR count). The van der Waals surface area contributed by atoms with E-state index in [2.05, 4.69) is 0 Å². The summed E-state index contributed by atoms with van der Waals surface area (Å²) in [7, 11) is 0. The maximum Gasteiger partial charge on any atom is 0.312 e. The Labute approximate surface area is 122 Å². The molecule has 21 heavy (non-hydrogen) atoms. The second kappa shape index (κ2) is 5.75. The number of carbonyl (C=O) groups excluding carboxylic acids is 1. The van der Waals surface area contributed by atoms with Crippen molar-refractivity contribution >= 4 is 12.0 Å². The van der Waals surface area contributed by atoms with Crippen LogP contribution in [0.1, 0.15) is 27.0 Å². The maximum absolute atomic E-state index is 11.2. The minimum atomic E-state index is -0.454. The van der Waals surface area contributed by atoms with Gasteiger partial charge < -0.3 is 4.74 Å². The zero-order chi connectivity index (χ0) is 15.6. The van der Waals surface area contributed by atoms with Crippen LogP contribution in [0.4, 0.5) is 5.69 Å². The number of ether oxygens (including phenoxy) is 1. The number of aldehydes is 1. The standard InChI is InChI=1S/C16H15NO4/c1-10-6-12(3)16(14(7-10)17(19)20)21-15-5-4-13(9-18)8-11(15)2/h4-9H,1-3H3. The van der Waals surface area contributed by atoms with Crippen molar-refractivity contribution in [3.05, 3.63) is 62.7 Å². The first kappa shape index (κ1) is 14.7. The molecule has 0 radical (unpaired) electrons. The van der Waals surface area contributed by atoms with E-state index < -0.39 is 4.92 Å². The first-order valence-electron chi connectivity index (χ1n) is 6.41. The molecule has 0 N–H and O–H groups in total. The highest BCUT2D eigenvalue weighted by Gasteiger charge is 2.19. The van der Waals surface area contributed by atoms with E-state index in [1.54, 1.807) is 39.0 Å². The predicted octanol–water partition coefficient (Wildman–Crippen LogP) is 4.12. The molecule has 5 nitrogen and oxygen atoms in total. The van der Waals surface area contributed by atoms with Crippen molar-refractivity contribution in [2.24, 2.45) is 0 Å². The highest BCUT2D eigenvalue weighted by atomic mass is 16.6. The fourth-order valence-corrected chi connectivity index (χ4v) is 2.17. The average Bonchev–Trinajstić information content (AvgIpc) is 2.42. The van der Waals surface area contributed by atoms with E-state index in [0.29, 0.717) is 16.9 Å². The number of benzene rings is 2. The summed E-state index contributed by atoms with van der Waals surface area (Å²) in [4.78, 5) is 21.5. The summed E-state index contributed by atoms with van der Waals surface area (Å²) in [5.41, 5.74) is 2.72. The van der Waals surface area contributed by atoms with Gasteiger partial charge in [-0.25, -0.2) is 0 Å². The smallest absolute Gasteiger partial charge is 0.312 e. The number of hydrogen-bond acceptors (Lipinski definition) is 4. The SMILES string of the molecule is Cc1cc(C)c(Oc2ccc(C=O)cc2C)c([N+](=O)[O-])c1. The number of nitro groups is 1. The zero-order valence-corrected chi connectivity index (χ0v) is 12.0. The molecule has 0 unspecified atom stereocenters. The van der Waals surface area contributed by atoms with Crippen molar-refractivity contribution < 1.29 is 14.5 Å². The highest BCUT2D eigenvalue weighted by molar-refractivity contribution is 5.75. The topological polar surface area (TPSA) is 69.4 Å². The van der Waals surface area contributed by atoms with Gasteiger partial charge in [0.05, 0.1) is 4.92 Å². The molecule has 0 aliphatic carbocycles. The lowest BCUT2D eigenvalue weighted by Gasteiger charge is -2.12. The third-order valence-electron chi connectivity index (χ3n) is 3.14. The van der Waals surface area contributed by atoms with Gasteiger partial charge >= 0.3 is 5.69 Å². The van der Waals surface area contributed by atoms with Gasteiger partial charge in [0, 0.05) is 11.6 Å². The molecule has 2 aromatic carbocycles. The van der Waals surface area contributed by atoms with Crippen molar-refractivity contribution in [3.8, 4) is 11.5 Å². The van der Waals surface area contributed by atoms with Gasteiger partial charge in [0.25, 0.3) is 0 Å². The largest absolute Gasteiger partial charge is 0.450 e. The molecular formula is C16H15NO4. The van der Waals surface area contributed by atoms with Crippen LogP contribution in [0.25, 0.3) is 0 Å². The van der Waals surface area contributed by atoms with Crippen LogP contribution in [0.3, 0.4) is 0 Å². The molecule has 0 heterocycles. The Bertz CT molecular complexity index is 722. The fourth-order valence-electron chi connectivity index (χ4n) is 2.17. The van der Waals surface area contributed by atoms with Crippen molar-refractivity contribution in [2.75, 3.05) is 0 Å². The summed E-state index contributed by atoms with van der Waals surface area (Å²) in [6.07, 6.45) is 0.746. The minimum absolute atomic E-state index is 0.0636. The Hall–Kier alpha value is -2.69. The van der Waals surface area contributed by atoms with Gasteiger partial charge in [-0.2, -0.15) is 0 Å². The second-order valence-electron chi connectivity index (χ2n) is 4.93. The summed E-state index contributed by atoms with van der Waals surface area (Å²) in [6, 6.07) is 8.25. The van der Waals surface area contributed by atoms with Gasteiger partial charge in [-0.1, -0.05) is 6.07 Å². The summed E-state index contributed by atoms with van der Waals surface area (Å²) in [5.74, 6) is 0.725. The van der Waals surface area contributed by atoms with Crippen molar-refractivity contribution in [3.63, 3.8) is 0 Å². The number of nitro benzene ring substituents is 1. The molecule has 108 valence electrons. The Balaban J connectivity index is 2.49. The molecule has 0 aromatic heterocycles. The summed E-state index contributed by atoms with van der Waals surface area (Å²) in [5, 5.41) is 11.2. The van der Waals surface area contributed by atoms with Crippen LogP contribution in [0.15, 0.2) is 30.3 Å². The molecule has 5 heteroatoms. The van der Waals surface area contributed by atoms with E-state index in [0.717, 1.165) is 17.4 Å². The number of carbonyl (C=O) groups is 1. The Morgan fingerprint density at radius 2 is 1.81 bits per heavy atom. The molecule has 0 saturated heterocycles. The molecule has 0 amide bonds. The van der Waals surface area contributed by atoms with Crippen LogP contribution in [0.5, 0.6) is 11.5 Å². The van der Waals surface area contributed by atoms with Gasteiger partial charge in [0.1, 0.15) is 12.0 Å². The molecule has 0 bridgehead atoms. The lowest BCUT2D eigenvalue weighted by Crippen LogP contribution is -1.98. The number of hydrogen-bond donors (Lipinski definition) is 0. The molecule has 2 aromatic rings. The summed E-state index contributed by atoms with van der Waals surface area (Å²) in [6.45, 7) is 5.36. The van der Waals surface area contributed by atoms with Gasteiger partial charge in [0.15, 0.2) is 0 Å². The lowest BCUT2D eigenvalue weighted by molar-refractivity contribution is -0.385. The van der Waals surface area contributed by atoms with E-state index in [1.165, 1.54) is 6.07 Å². The molecular weight excluding hydrogens is 270 g/mol. The summed E-state index contributed by atoms with van der Waals surface area (Å²) >= 11 is 0. The molecule has 0 spiro atoms. The predicted molar refractivity (Wildman–Crippen MR) is 79.2 cm³/mol. The lowest BCUT2D eigenvalue weighted by atomic mass is 10.1. The Morgan fingerprint density at radius 1 is 1.10 bits per heavy atom. The number of aryl methyl sites for hydroxylation is 3. The quantitative estimate of drug-likeness (QED) is 0.481. The third kappa shape index (κ3) is 3.08. The van der Waals surface area contributed by atoms with Gasteiger partial charge in [-0.15, -0.1) is 0 Å². The minimum Gasteiger partial charge on any atom is -0.450 e. The average molecular weight is 285 g/mol. The molecule has 0 fully saturated rings. The normalized spacial score (nSPS) is 10.2. The van der Waals surface area contributed by atoms with Crippen LogP contribution in [0, 0.1) is 30.9 Å². The van der Waals surface area contributed by atoms with Crippen LogP contribution < -0.4 is 4.74 Å². The Kier molecular flexibility index (Phi) is 4.03. The highest BCUT2D eigenvalue weighted by Crippen LogP contribution is 2.36. The van der Waals surface area contributed by atoms with E-state index in [4.69, 9.17) is 4.74 Å². The Morgan fingerprint density at radius 3 is 2.38 bits per heavy atom. The van der Waals surface area contributed by atoms with Crippen molar-refractivity contribution in [1.82, 2.24) is 0 Å². The van der Waals surface area contributed by atoms with Crippen LogP contribution in [-0.2, 0) is 0 Å². The monoisotopic (exact) mass is 285 g/mol. The third-order valence-corrected chi connectivity index (χ3v) is 3.14.